The molecule has 3 fully saturated rings. The molecule has 0 radical (unpaired) electrons. The van der Waals surface area contributed by atoms with Crippen molar-refractivity contribution in [2.75, 3.05) is 13.7 Å². The van der Waals surface area contributed by atoms with E-state index in [2.05, 4.69) is 0 Å². The Morgan fingerprint density at radius 3 is 2.88 bits per heavy atom. The minimum Gasteiger partial charge on any atom is -0.384 e. The topological polar surface area (TPSA) is 35.2 Å². The Morgan fingerprint density at radius 1 is 1.31 bits per heavy atom. The van der Waals surface area contributed by atoms with E-state index in [1.807, 2.05) is 7.11 Å². The lowest BCUT2D eigenvalue weighted by molar-refractivity contribution is 0.0196. The third-order valence-electron chi connectivity index (χ3n) is 5.78. The molecule has 0 aromatic rings. The second-order valence-corrected chi connectivity index (χ2v) is 6.45. The first kappa shape index (κ1) is 11.0. The van der Waals surface area contributed by atoms with Crippen molar-refractivity contribution in [3.05, 3.63) is 0 Å². The van der Waals surface area contributed by atoms with Gasteiger partial charge in [-0.2, -0.15) is 0 Å². The summed E-state index contributed by atoms with van der Waals surface area (Å²) in [5, 5.41) is 0. The molecule has 0 heterocycles. The lowest BCUT2D eigenvalue weighted by atomic mass is 9.60. The van der Waals surface area contributed by atoms with Crippen LogP contribution in [0.3, 0.4) is 0 Å². The Kier molecular flexibility index (Phi) is 2.75. The van der Waals surface area contributed by atoms with Crippen molar-refractivity contribution in [1.29, 1.82) is 0 Å². The number of rotatable bonds is 2. The Bertz CT molecular complexity index is 261. The van der Waals surface area contributed by atoms with Crippen LogP contribution in [0.1, 0.15) is 44.9 Å². The van der Waals surface area contributed by atoms with Gasteiger partial charge >= 0.3 is 0 Å². The van der Waals surface area contributed by atoms with Gasteiger partial charge in [-0.05, 0) is 61.7 Å². The van der Waals surface area contributed by atoms with E-state index in [-0.39, 0.29) is 0 Å². The van der Waals surface area contributed by atoms with Crippen molar-refractivity contribution < 1.29 is 4.74 Å². The summed E-state index contributed by atoms with van der Waals surface area (Å²) in [6.45, 7) is 0.950. The molecule has 0 saturated heterocycles. The number of hydrogen-bond donors (Lipinski definition) is 1. The molecule has 2 N–H and O–H groups in total. The summed E-state index contributed by atoms with van der Waals surface area (Å²) in [6.07, 6.45) is 9.78. The fraction of sp³-hybridized carbons (Fsp3) is 1.00. The van der Waals surface area contributed by atoms with E-state index < -0.39 is 0 Å². The van der Waals surface area contributed by atoms with Crippen LogP contribution in [-0.2, 0) is 4.74 Å². The van der Waals surface area contributed by atoms with Gasteiger partial charge in [0.2, 0.25) is 0 Å². The predicted molar refractivity (Wildman–Crippen MR) is 65.1 cm³/mol. The van der Waals surface area contributed by atoms with E-state index in [4.69, 9.17) is 10.5 Å². The largest absolute Gasteiger partial charge is 0.384 e. The fourth-order valence-corrected chi connectivity index (χ4v) is 5.12. The molecule has 0 aromatic carbocycles. The Hall–Kier alpha value is -0.0800. The van der Waals surface area contributed by atoms with Crippen LogP contribution in [0.2, 0.25) is 0 Å². The van der Waals surface area contributed by atoms with Gasteiger partial charge in [-0.3, -0.25) is 0 Å². The van der Waals surface area contributed by atoms with Gasteiger partial charge in [0.1, 0.15) is 0 Å². The summed E-state index contributed by atoms with van der Waals surface area (Å²) in [6, 6.07) is 0.505. The van der Waals surface area contributed by atoms with Crippen molar-refractivity contribution >= 4 is 0 Å². The quantitative estimate of drug-likeness (QED) is 0.781. The number of nitrogens with two attached hydrogens (primary N) is 1. The molecule has 16 heavy (non-hydrogen) atoms. The zero-order valence-corrected chi connectivity index (χ0v) is 10.5. The van der Waals surface area contributed by atoms with Crippen molar-refractivity contribution in [2.45, 2.75) is 51.0 Å². The van der Waals surface area contributed by atoms with Gasteiger partial charge in [-0.25, -0.2) is 0 Å². The Labute approximate surface area is 98.9 Å². The van der Waals surface area contributed by atoms with Gasteiger partial charge in [-0.15, -0.1) is 0 Å². The molecule has 92 valence electrons. The molecule has 3 rings (SSSR count). The molecule has 1 spiro atoms. The average Bonchev–Trinajstić information content (AvgIpc) is 2.84. The number of hydrogen-bond acceptors (Lipinski definition) is 2. The summed E-state index contributed by atoms with van der Waals surface area (Å²) in [5.74, 6) is 2.59. The SMILES string of the molecule is COC[C@H]1CCC[C@]2(C1)[C@@H]1CC[C@@H](C1)[C@@H]2N. The van der Waals surface area contributed by atoms with E-state index >= 15 is 0 Å². The Balaban J connectivity index is 1.77. The molecule has 2 bridgehead atoms. The highest BCUT2D eigenvalue weighted by Gasteiger charge is 2.57. The first-order valence-electron chi connectivity index (χ1n) is 7.01. The first-order valence-corrected chi connectivity index (χ1v) is 7.01. The smallest absolute Gasteiger partial charge is 0.0490 e. The van der Waals surface area contributed by atoms with Gasteiger partial charge < -0.3 is 10.5 Å². The van der Waals surface area contributed by atoms with E-state index in [9.17, 15) is 0 Å². The van der Waals surface area contributed by atoms with Crippen LogP contribution in [0, 0.1) is 23.2 Å². The normalized spacial score (nSPS) is 51.4. The van der Waals surface area contributed by atoms with Crippen LogP contribution in [0.4, 0.5) is 0 Å². The van der Waals surface area contributed by atoms with E-state index in [1.54, 1.807) is 0 Å². The average molecular weight is 223 g/mol. The molecule has 3 aliphatic carbocycles. The minimum atomic E-state index is 0.505. The highest BCUT2D eigenvalue weighted by atomic mass is 16.5. The second kappa shape index (κ2) is 3.99. The lowest BCUT2D eigenvalue weighted by Crippen LogP contribution is -2.49. The molecule has 0 unspecified atom stereocenters. The Morgan fingerprint density at radius 2 is 2.19 bits per heavy atom. The van der Waals surface area contributed by atoms with E-state index in [0.29, 0.717) is 11.5 Å². The molecule has 3 aliphatic rings. The van der Waals surface area contributed by atoms with Gasteiger partial charge in [0.15, 0.2) is 0 Å². The van der Waals surface area contributed by atoms with Crippen molar-refractivity contribution in [2.24, 2.45) is 28.9 Å². The predicted octanol–water partition coefficient (Wildman–Crippen LogP) is 2.57. The van der Waals surface area contributed by atoms with Crippen LogP contribution in [0.25, 0.3) is 0 Å². The fourth-order valence-electron chi connectivity index (χ4n) is 5.12. The van der Waals surface area contributed by atoms with Gasteiger partial charge in [0.25, 0.3) is 0 Å². The van der Waals surface area contributed by atoms with Crippen LogP contribution in [0.15, 0.2) is 0 Å². The molecule has 2 heteroatoms. The van der Waals surface area contributed by atoms with E-state index in [1.165, 1.54) is 44.9 Å². The molecular weight excluding hydrogens is 198 g/mol. The van der Waals surface area contributed by atoms with Gasteiger partial charge in [-0.1, -0.05) is 6.42 Å². The molecular formula is C14H25NO. The highest BCUT2D eigenvalue weighted by molar-refractivity contribution is 5.10. The second-order valence-electron chi connectivity index (χ2n) is 6.45. The van der Waals surface area contributed by atoms with Crippen molar-refractivity contribution in [3.63, 3.8) is 0 Å². The third-order valence-corrected chi connectivity index (χ3v) is 5.78. The van der Waals surface area contributed by atoms with Crippen LogP contribution in [0.5, 0.6) is 0 Å². The third kappa shape index (κ3) is 1.46. The van der Waals surface area contributed by atoms with Crippen molar-refractivity contribution in [3.8, 4) is 0 Å². The van der Waals surface area contributed by atoms with Crippen LogP contribution < -0.4 is 5.73 Å². The number of fused-ring (bicyclic) bond motifs is 3. The summed E-state index contributed by atoms with van der Waals surface area (Å²) in [7, 11) is 1.84. The molecule has 0 aromatic heterocycles. The molecule has 3 saturated carbocycles. The van der Waals surface area contributed by atoms with Crippen LogP contribution in [-0.4, -0.2) is 19.8 Å². The molecule has 2 nitrogen and oxygen atoms in total. The maximum Gasteiger partial charge on any atom is 0.0490 e. The summed E-state index contributed by atoms with van der Waals surface area (Å²) >= 11 is 0. The molecule has 0 aliphatic heterocycles. The maximum atomic E-state index is 6.55. The standard InChI is InChI=1S/C14H25NO/c1-16-9-10-3-2-6-14(8-10)12-5-4-11(7-12)13(14)15/h10-13H,2-9,15H2,1H3/t10-,11-,12+,13-,14-/m0/s1. The van der Waals surface area contributed by atoms with E-state index in [0.717, 1.165) is 24.4 Å². The summed E-state index contributed by atoms with van der Waals surface area (Å²) in [4.78, 5) is 0. The summed E-state index contributed by atoms with van der Waals surface area (Å²) in [5.41, 5.74) is 7.07. The minimum absolute atomic E-state index is 0.505. The van der Waals surface area contributed by atoms with Crippen molar-refractivity contribution in [1.82, 2.24) is 0 Å². The lowest BCUT2D eigenvalue weighted by Gasteiger charge is -2.47. The zero-order valence-electron chi connectivity index (χ0n) is 10.5. The number of methoxy groups -OCH3 is 1. The first-order chi connectivity index (χ1) is 7.76. The van der Waals surface area contributed by atoms with Gasteiger partial charge in [0, 0.05) is 19.8 Å². The monoisotopic (exact) mass is 223 g/mol. The molecule has 5 atom stereocenters. The maximum absolute atomic E-state index is 6.55. The zero-order chi connectivity index (χ0) is 11.2. The van der Waals surface area contributed by atoms with Crippen LogP contribution >= 0.6 is 0 Å². The number of ether oxygens (including phenoxy) is 1. The summed E-state index contributed by atoms with van der Waals surface area (Å²) < 4.78 is 5.36. The highest BCUT2D eigenvalue weighted by Crippen LogP contribution is 2.61. The molecule has 0 amide bonds. The van der Waals surface area contributed by atoms with Gasteiger partial charge in [0.05, 0.1) is 0 Å².